The molecule has 2 amide bonds. The van der Waals surface area contributed by atoms with Gasteiger partial charge in [-0.2, -0.15) is 0 Å². The largest absolute Gasteiger partial charge is 0.368 e. The molecular weight excluding hydrogens is 321 g/mol. The number of rotatable bonds is 6. The molecular formula is C19H26FN3O2. The SMILES string of the molecule is CCCCNC(=O)C1CC1C(=O)N1CCN(c2ccc(F)cc2)CC1. The van der Waals surface area contributed by atoms with Crippen LogP contribution in [0.1, 0.15) is 26.2 Å². The molecule has 2 fully saturated rings. The van der Waals surface area contributed by atoms with Gasteiger partial charge in [-0.05, 0) is 37.1 Å². The number of carbonyl (C=O) groups is 2. The Hall–Kier alpha value is -2.11. The highest BCUT2D eigenvalue weighted by Crippen LogP contribution is 2.40. The van der Waals surface area contributed by atoms with E-state index in [1.165, 1.54) is 12.1 Å². The lowest BCUT2D eigenvalue weighted by molar-refractivity contribution is -0.135. The zero-order valence-electron chi connectivity index (χ0n) is 14.7. The minimum absolute atomic E-state index is 0.0248. The summed E-state index contributed by atoms with van der Waals surface area (Å²) in [5.41, 5.74) is 0.980. The van der Waals surface area contributed by atoms with Crippen molar-refractivity contribution in [2.75, 3.05) is 37.6 Å². The van der Waals surface area contributed by atoms with Crippen molar-refractivity contribution in [3.8, 4) is 0 Å². The van der Waals surface area contributed by atoms with Gasteiger partial charge < -0.3 is 15.1 Å². The normalized spacial score (nSPS) is 22.6. The summed E-state index contributed by atoms with van der Waals surface area (Å²) >= 11 is 0. The first-order chi connectivity index (χ1) is 12.1. The van der Waals surface area contributed by atoms with Gasteiger partial charge in [0, 0.05) is 38.4 Å². The Morgan fingerprint density at radius 2 is 1.80 bits per heavy atom. The van der Waals surface area contributed by atoms with E-state index in [1.54, 1.807) is 12.1 Å². The quantitative estimate of drug-likeness (QED) is 0.801. The summed E-state index contributed by atoms with van der Waals surface area (Å²) in [4.78, 5) is 28.6. The van der Waals surface area contributed by atoms with Gasteiger partial charge in [0.05, 0.1) is 11.8 Å². The van der Waals surface area contributed by atoms with E-state index < -0.39 is 0 Å². The molecule has 1 aromatic carbocycles. The number of anilines is 1. The van der Waals surface area contributed by atoms with Crippen LogP contribution >= 0.6 is 0 Å². The minimum Gasteiger partial charge on any atom is -0.368 e. The molecule has 0 bridgehead atoms. The number of hydrogen-bond acceptors (Lipinski definition) is 3. The Bertz CT molecular complexity index is 612. The summed E-state index contributed by atoms with van der Waals surface area (Å²) in [6.45, 7) is 5.55. The smallest absolute Gasteiger partial charge is 0.226 e. The number of amides is 2. The number of nitrogens with zero attached hydrogens (tertiary/aromatic N) is 2. The predicted molar refractivity (Wildman–Crippen MR) is 94.7 cm³/mol. The second kappa shape index (κ2) is 7.85. The summed E-state index contributed by atoms with van der Waals surface area (Å²) in [5, 5.41) is 2.92. The molecule has 5 nitrogen and oxygen atoms in total. The summed E-state index contributed by atoms with van der Waals surface area (Å²) in [6.07, 6.45) is 2.70. The first-order valence-electron chi connectivity index (χ1n) is 9.17. The molecule has 0 aromatic heterocycles. The number of unbranched alkanes of at least 4 members (excludes halogenated alkanes) is 1. The van der Waals surface area contributed by atoms with Gasteiger partial charge in [-0.15, -0.1) is 0 Å². The molecule has 1 aliphatic carbocycles. The first-order valence-corrected chi connectivity index (χ1v) is 9.17. The lowest BCUT2D eigenvalue weighted by Crippen LogP contribution is -2.49. The molecule has 1 N–H and O–H groups in total. The van der Waals surface area contributed by atoms with E-state index in [4.69, 9.17) is 0 Å². The second-order valence-electron chi connectivity index (χ2n) is 6.88. The second-order valence-corrected chi connectivity index (χ2v) is 6.88. The van der Waals surface area contributed by atoms with E-state index in [-0.39, 0.29) is 29.5 Å². The third-order valence-corrected chi connectivity index (χ3v) is 5.06. The monoisotopic (exact) mass is 347 g/mol. The Labute approximate surface area is 148 Å². The maximum atomic E-state index is 13.0. The van der Waals surface area contributed by atoms with E-state index in [1.807, 2.05) is 4.90 Å². The lowest BCUT2D eigenvalue weighted by atomic mass is 10.2. The molecule has 6 heteroatoms. The summed E-state index contributed by atoms with van der Waals surface area (Å²) in [5.74, 6) is -0.390. The fourth-order valence-corrected chi connectivity index (χ4v) is 3.35. The maximum Gasteiger partial charge on any atom is 0.226 e. The van der Waals surface area contributed by atoms with E-state index in [2.05, 4.69) is 17.1 Å². The predicted octanol–water partition coefficient (Wildman–Crippen LogP) is 2.03. The van der Waals surface area contributed by atoms with Crippen LogP contribution < -0.4 is 10.2 Å². The van der Waals surface area contributed by atoms with Crippen molar-refractivity contribution in [3.63, 3.8) is 0 Å². The average Bonchev–Trinajstić information content (AvgIpc) is 3.43. The number of piperazine rings is 1. The molecule has 1 aliphatic heterocycles. The van der Waals surface area contributed by atoms with Crippen molar-refractivity contribution >= 4 is 17.5 Å². The zero-order valence-corrected chi connectivity index (χ0v) is 14.7. The highest BCUT2D eigenvalue weighted by atomic mass is 19.1. The average molecular weight is 347 g/mol. The number of benzene rings is 1. The van der Waals surface area contributed by atoms with Gasteiger partial charge in [-0.1, -0.05) is 13.3 Å². The Morgan fingerprint density at radius 3 is 2.44 bits per heavy atom. The molecule has 1 aromatic rings. The van der Waals surface area contributed by atoms with Crippen molar-refractivity contribution < 1.29 is 14.0 Å². The molecule has 2 aliphatic rings. The zero-order chi connectivity index (χ0) is 17.8. The third-order valence-electron chi connectivity index (χ3n) is 5.06. The van der Waals surface area contributed by atoms with E-state index in [0.29, 0.717) is 26.1 Å². The fourth-order valence-electron chi connectivity index (χ4n) is 3.35. The van der Waals surface area contributed by atoms with Crippen LogP contribution in [0.3, 0.4) is 0 Å². The maximum absolute atomic E-state index is 13.0. The van der Waals surface area contributed by atoms with Crippen LogP contribution in [0.4, 0.5) is 10.1 Å². The van der Waals surface area contributed by atoms with E-state index in [0.717, 1.165) is 31.6 Å². The highest BCUT2D eigenvalue weighted by molar-refractivity contribution is 5.92. The first kappa shape index (κ1) is 17.7. The molecule has 136 valence electrons. The van der Waals surface area contributed by atoms with Gasteiger partial charge in [-0.3, -0.25) is 9.59 Å². The number of halogens is 1. The molecule has 1 saturated carbocycles. The van der Waals surface area contributed by atoms with Crippen molar-refractivity contribution in [2.24, 2.45) is 11.8 Å². The molecule has 1 saturated heterocycles. The standard InChI is InChI=1S/C19H26FN3O2/c1-2-3-8-21-18(24)16-13-17(16)19(25)23-11-9-22(10-12-23)15-6-4-14(20)5-7-15/h4-7,16-17H,2-3,8-13H2,1H3,(H,21,24). The highest BCUT2D eigenvalue weighted by Gasteiger charge is 2.49. The third kappa shape index (κ3) is 4.30. The topological polar surface area (TPSA) is 52.7 Å². The molecule has 2 unspecified atom stereocenters. The Kier molecular flexibility index (Phi) is 5.56. The van der Waals surface area contributed by atoms with Crippen molar-refractivity contribution in [1.29, 1.82) is 0 Å². The van der Waals surface area contributed by atoms with Gasteiger partial charge in [0.2, 0.25) is 11.8 Å². The van der Waals surface area contributed by atoms with Crippen LogP contribution in [0.2, 0.25) is 0 Å². The molecule has 25 heavy (non-hydrogen) atoms. The van der Waals surface area contributed by atoms with Gasteiger partial charge in [0.15, 0.2) is 0 Å². The molecule has 2 atom stereocenters. The van der Waals surface area contributed by atoms with Gasteiger partial charge in [0.25, 0.3) is 0 Å². The Morgan fingerprint density at radius 1 is 1.12 bits per heavy atom. The van der Waals surface area contributed by atoms with Crippen LogP contribution in [0, 0.1) is 17.7 Å². The number of nitrogens with one attached hydrogen (secondary N) is 1. The van der Waals surface area contributed by atoms with E-state index >= 15 is 0 Å². The van der Waals surface area contributed by atoms with Crippen LogP contribution in [0.25, 0.3) is 0 Å². The fraction of sp³-hybridized carbons (Fsp3) is 0.579. The minimum atomic E-state index is -0.241. The van der Waals surface area contributed by atoms with Gasteiger partial charge in [-0.25, -0.2) is 4.39 Å². The molecule has 0 spiro atoms. The van der Waals surface area contributed by atoms with Crippen LogP contribution in [-0.2, 0) is 9.59 Å². The Balaban J connectivity index is 1.45. The summed E-state index contributed by atoms with van der Waals surface area (Å²) in [6, 6.07) is 6.45. The van der Waals surface area contributed by atoms with Crippen LogP contribution in [0.5, 0.6) is 0 Å². The van der Waals surface area contributed by atoms with Gasteiger partial charge >= 0.3 is 0 Å². The molecule has 0 radical (unpaired) electrons. The van der Waals surface area contributed by atoms with Gasteiger partial charge in [0.1, 0.15) is 5.82 Å². The number of carbonyl (C=O) groups excluding carboxylic acids is 2. The lowest BCUT2D eigenvalue weighted by Gasteiger charge is -2.36. The van der Waals surface area contributed by atoms with Crippen molar-refractivity contribution in [1.82, 2.24) is 10.2 Å². The summed E-state index contributed by atoms with van der Waals surface area (Å²) in [7, 11) is 0. The molecule has 3 rings (SSSR count). The molecule has 1 heterocycles. The number of hydrogen-bond donors (Lipinski definition) is 1. The van der Waals surface area contributed by atoms with Crippen molar-refractivity contribution in [3.05, 3.63) is 30.1 Å². The van der Waals surface area contributed by atoms with Crippen molar-refractivity contribution in [2.45, 2.75) is 26.2 Å². The summed E-state index contributed by atoms with van der Waals surface area (Å²) < 4.78 is 13.0. The van der Waals surface area contributed by atoms with Crippen LogP contribution in [-0.4, -0.2) is 49.4 Å². The van der Waals surface area contributed by atoms with Crippen LogP contribution in [0.15, 0.2) is 24.3 Å². The van der Waals surface area contributed by atoms with E-state index in [9.17, 15) is 14.0 Å².